The minimum absolute atomic E-state index is 0.193. The zero-order valence-corrected chi connectivity index (χ0v) is 11.6. The van der Waals surface area contributed by atoms with E-state index in [-0.39, 0.29) is 17.7 Å². The number of hydrogen-bond donors (Lipinski definition) is 0. The predicted octanol–water partition coefficient (Wildman–Crippen LogP) is 1.80. The number of nitrogens with zero attached hydrogens (tertiary/aromatic N) is 2. The maximum atomic E-state index is 12.4. The van der Waals surface area contributed by atoms with E-state index in [0.29, 0.717) is 13.0 Å². The summed E-state index contributed by atoms with van der Waals surface area (Å²) in [5.41, 5.74) is 0. The van der Waals surface area contributed by atoms with E-state index in [0.717, 1.165) is 11.3 Å². The molecule has 0 aromatic carbocycles. The van der Waals surface area contributed by atoms with Crippen LogP contribution in [0.2, 0.25) is 0 Å². The van der Waals surface area contributed by atoms with Crippen molar-refractivity contribution in [3.8, 4) is 0 Å². The molecule has 114 valence electrons. The lowest BCUT2D eigenvalue weighted by Gasteiger charge is -2.44. The molecule has 2 saturated heterocycles. The van der Waals surface area contributed by atoms with Crippen molar-refractivity contribution in [1.82, 2.24) is 9.80 Å². The summed E-state index contributed by atoms with van der Waals surface area (Å²) >= 11 is 0. The van der Waals surface area contributed by atoms with Crippen molar-refractivity contribution in [3.05, 3.63) is 0 Å². The molecule has 2 amide bonds. The fourth-order valence-electron chi connectivity index (χ4n) is 3.06. The Morgan fingerprint density at radius 1 is 1.25 bits per heavy atom. The molecule has 7 heteroatoms. The molecule has 2 unspecified atom stereocenters. The molecular weight excluding hydrogens is 273 g/mol. The maximum Gasteiger partial charge on any atom is 0.390 e. The second-order valence-electron chi connectivity index (χ2n) is 5.78. The zero-order chi connectivity index (χ0) is 15.1. The third-order valence-electron chi connectivity index (χ3n) is 3.96. The van der Waals surface area contributed by atoms with Crippen molar-refractivity contribution < 1.29 is 22.8 Å². The Balaban J connectivity index is 2.21. The predicted molar refractivity (Wildman–Crippen MR) is 65.7 cm³/mol. The van der Waals surface area contributed by atoms with Crippen LogP contribution in [0.1, 0.15) is 33.1 Å². The van der Waals surface area contributed by atoms with Crippen molar-refractivity contribution in [2.45, 2.75) is 51.4 Å². The van der Waals surface area contributed by atoms with E-state index in [4.69, 9.17) is 0 Å². The molecule has 2 rings (SSSR count). The number of alkyl halides is 3. The molecule has 20 heavy (non-hydrogen) atoms. The highest BCUT2D eigenvalue weighted by Gasteiger charge is 2.49. The molecule has 0 bridgehead atoms. The minimum Gasteiger partial charge on any atom is -0.329 e. The molecule has 0 radical (unpaired) electrons. The normalized spacial score (nSPS) is 27.5. The van der Waals surface area contributed by atoms with E-state index in [9.17, 15) is 22.8 Å². The van der Waals surface area contributed by atoms with Gasteiger partial charge in [-0.3, -0.25) is 9.59 Å². The Labute approximate surface area is 115 Å². The van der Waals surface area contributed by atoms with E-state index in [1.807, 2.05) is 0 Å². The number of hydrogen-bond acceptors (Lipinski definition) is 2. The highest BCUT2D eigenvalue weighted by atomic mass is 19.4. The SMILES string of the molecule is CC(C)C1C(=O)N2CCCC2C(=O)N1CCC(F)(F)F. The van der Waals surface area contributed by atoms with Crippen molar-refractivity contribution in [2.24, 2.45) is 5.92 Å². The van der Waals surface area contributed by atoms with E-state index in [1.54, 1.807) is 13.8 Å². The minimum atomic E-state index is -4.32. The third kappa shape index (κ3) is 2.76. The topological polar surface area (TPSA) is 40.6 Å². The van der Waals surface area contributed by atoms with Gasteiger partial charge in [0.1, 0.15) is 12.1 Å². The molecule has 2 atom stereocenters. The van der Waals surface area contributed by atoms with Crippen LogP contribution < -0.4 is 0 Å². The van der Waals surface area contributed by atoms with Gasteiger partial charge in [0.05, 0.1) is 6.42 Å². The summed E-state index contributed by atoms with van der Waals surface area (Å²) in [5, 5.41) is 0. The summed E-state index contributed by atoms with van der Waals surface area (Å²) in [7, 11) is 0. The van der Waals surface area contributed by atoms with Crippen molar-refractivity contribution in [2.75, 3.05) is 13.1 Å². The average molecular weight is 292 g/mol. The fraction of sp³-hybridized carbons (Fsp3) is 0.846. The smallest absolute Gasteiger partial charge is 0.329 e. The number of amides is 2. The summed E-state index contributed by atoms with van der Waals surface area (Å²) in [4.78, 5) is 27.4. The van der Waals surface area contributed by atoms with Crippen LogP contribution in [0.25, 0.3) is 0 Å². The quantitative estimate of drug-likeness (QED) is 0.796. The van der Waals surface area contributed by atoms with Gasteiger partial charge < -0.3 is 9.80 Å². The Morgan fingerprint density at radius 2 is 1.90 bits per heavy atom. The first-order valence-corrected chi connectivity index (χ1v) is 6.90. The molecule has 0 N–H and O–H groups in total. The van der Waals surface area contributed by atoms with Gasteiger partial charge >= 0.3 is 6.18 Å². The monoisotopic (exact) mass is 292 g/mol. The number of rotatable bonds is 3. The van der Waals surface area contributed by atoms with Gasteiger partial charge in [-0.05, 0) is 18.8 Å². The number of piperazine rings is 1. The van der Waals surface area contributed by atoms with Crippen molar-refractivity contribution >= 4 is 11.8 Å². The lowest BCUT2D eigenvalue weighted by molar-refractivity contribution is -0.167. The van der Waals surface area contributed by atoms with Gasteiger partial charge in [0.15, 0.2) is 0 Å². The van der Waals surface area contributed by atoms with Crippen molar-refractivity contribution in [3.63, 3.8) is 0 Å². The first-order valence-electron chi connectivity index (χ1n) is 6.90. The van der Waals surface area contributed by atoms with E-state index in [2.05, 4.69) is 0 Å². The first-order chi connectivity index (χ1) is 9.22. The summed E-state index contributed by atoms with van der Waals surface area (Å²) < 4.78 is 37.2. The maximum absolute atomic E-state index is 12.4. The summed E-state index contributed by atoms with van der Waals surface area (Å²) in [6.07, 6.45) is -4.10. The molecule has 2 fully saturated rings. The van der Waals surface area contributed by atoms with Gasteiger partial charge in [0.25, 0.3) is 0 Å². The van der Waals surface area contributed by atoms with Gasteiger partial charge in [-0.1, -0.05) is 13.8 Å². The summed E-state index contributed by atoms with van der Waals surface area (Å²) in [6.45, 7) is 3.62. The first kappa shape index (κ1) is 15.1. The van der Waals surface area contributed by atoms with Crippen molar-refractivity contribution in [1.29, 1.82) is 0 Å². The van der Waals surface area contributed by atoms with Crippen LogP contribution >= 0.6 is 0 Å². The molecule has 0 saturated carbocycles. The Hall–Kier alpha value is -1.27. The molecule has 0 aliphatic carbocycles. The average Bonchev–Trinajstić information content (AvgIpc) is 2.79. The molecule has 0 aromatic rings. The number of halogens is 3. The van der Waals surface area contributed by atoms with Crippen LogP contribution in [0, 0.1) is 5.92 Å². The van der Waals surface area contributed by atoms with Gasteiger partial charge in [-0.25, -0.2) is 0 Å². The van der Waals surface area contributed by atoms with Crippen LogP contribution in [0.4, 0.5) is 13.2 Å². The fourth-order valence-corrected chi connectivity index (χ4v) is 3.06. The molecule has 0 aromatic heterocycles. The van der Waals surface area contributed by atoms with Gasteiger partial charge in [-0.2, -0.15) is 13.2 Å². The highest BCUT2D eigenvalue weighted by molar-refractivity contribution is 5.97. The Morgan fingerprint density at radius 3 is 2.45 bits per heavy atom. The lowest BCUT2D eigenvalue weighted by atomic mass is 9.95. The standard InChI is InChI=1S/C13H19F3N2O2/c1-8(2)10-12(20)17-6-3-4-9(17)11(19)18(10)7-5-13(14,15)16/h8-10H,3-7H2,1-2H3. The van der Waals surface area contributed by atoms with E-state index >= 15 is 0 Å². The van der Waals surface area contributed by atoms with Crippen LogP contribution in [-0.2, 0) is 9.59 Å². The largest absolute Gasteiger partial charge is 0.390 e. The molecule has 2 aliphatic rings. The van der Waals surface area contributed by atoms with Gasteiger partial charge in [-0.15, -0.1) is 0 Å². The molecule has 2 heterocycles. The second kappa shape index (κ2) is 5.26. The molecule has 2 aliphatic heterocycles. The van der Waals surface area contributed by atoms with Gasteiger partial charge in [0, 0.05) is 13.1 Å². The Bertz CT molecular complexity index is 409. The number of fused-ring (bicyclic) bond motifs is 1. The highest BCUT2D eigenvalue weighted by Crippen LogP contribution is 2.31. The van der Waals surface area contributed by atoms with Crippen LogP contribution in [0.15, 0.2) is 0 Å². The molecule has 4 nitrogen and oxygen atoms in total. The molecule has 0 spiro atoms. The van der Waals surface area contributed by atoms with Crippen LogP contribution in [-0.4, -0.2) is 53.0 Å². The second-order valence-corrected chi connectivity index (χ2v) is 5.78. The van der Waals surface area contributed by atoms with E-state index in [1.165, 1.54) is 4.90 Å². The van der Waals surface area contributed by atoms with E-state index < -0.39 is 31.2 Å². The van der Waals surface area contributed by atoms with Crippen LogP contribution in [0.3, 0.4) is 0 Å². The third-order valence-corrected chi connectivity index (χ3v) is 3.96. The summed E-state index contributed by atoms with van der Waals surface area (Å²) in [6, 6.07) is -1.31. The number of carbonyl (C=O) groups is 2. The molecular formula is C13H19F3N2O2. The lowest BCUT2D eigenvalue weighted by Crippen LogP contribution is -2.64. The zero-order valence-electron chi connectivity index (χ0n) is 11.6. The van der Waals surface area contributed by atoms with Gasteiger partial charge in [0.2, 0.25) is 11.8 Å². The summed E-state index contributed by atoms with van der Waals surface area (Å²) in [5.74, 6) is -0.726. The Kier molecular flexibility index (Phi) is 3.97. The van der Waals surface area contributed by atoms with Crippen LogP contribution in [0.5, 0.6) is 0 Å². The number of carbonyl (C=O) groups excluding carboxylic acids is 2.